The summed E-state index contributed by atoms with van der Waals surface area (Å²) in [6.07, 6.45) is 7.70. The lowest BCUT2D eigenvalue weighted by Crippen LogP contribution is -2.32. The summed E-state index contributed by atoms with van der Waals surface area (Å²) in [4.78, 5) is 19.3. The summed E-state index contributed by atoms with van der Waals surface area (Å²) >= 11 is 1.30. The van der Waals surface area contributed by atoms with Crippen molar-refractivity contribution >= 4 is 39.1 Å². The van der Waals surface area contributed by atoms with Gasteiger partial charge in [0.25, 0.3) is 0 Å². The summed E-state index contributed by atoms with van der Waals surface area (Å²) in [6.45, 7) is 3.16. The van der Waals surface area contributed by atoms with Gasteiger partial charge in [-0.2, -0.15) is 4.31 Å². The largest absolute Gasteiger partial charge is 0.370 e. The summed E-state index contributed by atoms with van der Waals surface area (Å²) in [5.41, 5.74) is 1.89. The minimum atomic E-state index is -3.51. The van der Waals surface area contributed by atoms with Gasteiger partial charge in [0, 0.05) is 32.4 Å². The lowest BCUT2D eigenvalue weighted by molar-refractivity contribution is -0.113. The Kier molecular flexibility index (Phi) is 7.70. The number of anilines is 2. The van der Waals surface area contributed by atoms with Gasteiger partial charge in [0.15, 0.2) is 0 Å². The number of pyridine rings is 1. The highest BCUT2D eigenvalue weighted by Gasteiger charge is 2.25. The molecule has 0 spiro atoms. The third-order valence-corrected chi connectivity index (χ3v) is 8.71. The number of rotatable bonds is 7. The average molecular weight is 475 g/mol. The number of para-hydroxylation sites is 2. The van der Waals surface area contributed by atoms with Gasteiger partial charge in [0.05, 0.1) is 22.2 Å². The van der Waals surface area contributed by atoms with Crippen molar-refractivity contribution in [1.29, 1.82) is 0 Å². The number of thioether (sulfide) groups is 1. The van der Waals surface area contributed by atoms with Crippen molar-refractivity contribution in [2.75, 3.05) is 42.1 Å². The van der Waals surface area contributed by atoms with E-state index in [9.17, 15) is 13.2 Å². The van der Waals surface area contributed by atoms with Crippen LogP contribution in [0.25, 0.3) is 0 Å². The van der Waals surface area contributed by atoms with E-state index in [2.05, 4.69) is 15.2 Å². The first-order chi connectivity index (χ1) is 15.5. The maximum Gasteiger partial charge on any atom is 0.244 e. The Morgan fingerprint density at radius 3 is 2.31 bits per heavy atom. The maximum absolute atomic E-state index is 12.9. The molecule has 4 rings (SSSR count). The monoisotopic (exact) mass is 474 g/mol. The minimum Gasteiger partial charge on any atom is -0.370 e. The van der Waals surface area contributed by atoms with E-state index in [1.807, 2.05) is 24.3 Å². The van der Waals surface area contributed by atoms with E-state index in [4.69, 9.17) is 0 Å². The number of hydrogen-bond acceptors (Lipinski definition) is 6. The van der Waals surface area contributed by atoms with E-state index in [0.717, 1.165) is 50.1 Å². The lowest BCUT2D eigenvalue weighted by atomic mass is 10.2. The molecule has 3 heterocycles. The van der Waals surface area contributed by atoms with E-state index in [1.54, 1.807) is 16.4 Å². The Morgan fingerprint density at radius 2 is 1.62 bits per heavy atom. The summed E-state index contributed by atoms with van der Waals surface area (Å²) in [5.74, 6) is 0.101. The maximum atomic E-state index is 12.9. The zero-order valence-electron chi connectivity index (χ0n) is 18.2. The summed E-state index contributed by atoms with van der Waals surface area (Å²) < 4.78 is 27.3. The van der Waals surface area contributed by atoms with E-state index >= 15 is 0 Å². The number of hydrogen-bond donors (Lipinski definition) is 1. The van der Waals surface area contributed by atoms with Crippen molar-refractivity contribution in [2.24, 2.45) is 0 Å². The first-order valence-corrected chi connectivity index (χ1v) is 13.7. The van der Waals surface area contributed by atoms with Crippen LogP contribution in [0.1, 0.15) is 38.5 Å². The predicted molar refractivity (Wildman–Crippen MR) is 129 cm³/mol. The lowest BCUT2D eigenvalue weighted by Gasteiger charge is -2.21. The van der Waals surface area contributed by atoms with Crippen LogP contribution in [0.3, 0.4) is 0 Å². The topological polar surface area (TPSA) is 82.6 Å². The first kappa shape index (κ1) is 23.1. The molecular weight excluding hydrogens is 444 g/mol. The summed E-state index contributed by atoms with van der Waals surface area (Å²) in [5, 5.41) is 3.64. The summed E-state index contributed by atoms with van der Waals surface area (Å²) in [7, 11) is -3.51. The molecule has 1 aromatic heterocycles. The number of amides is 1. The van der Waals surface area contributed by atoms with Crippen molar-refractivity contribution < 1.29 is 13.2 Å². The second kappa shape index (κ2) is 10.7. The molecule has 1 N–H and O–H groups in total. The molecule has 7 nitrogen and oxygen atoms in total. The van der Waals surface area contributed by atoms with Gasteiger partial charge in [-0.1, -0.05) is 36.7 Å². The number of carbonyl (C=O) groups excluding carboxylic acids is 1. The third kappa shape index (κ3) is 5.63. The molecule has 0 bridgehead atoms. The normalized spacial score (nSPS) is 17.8. The molecule has 1 amide bonds. The molecule has 0 aliphatic carbocycles. The zero-order valence-corrected chi connectivity index (χ0v) is 19.8. The van der Waals surface area contributed by atoms with Gasteiger partial charge in [-0.3, -0.25) is 4.79 Å². The van der Waals surface area contributed by atoms with Crippen molar-refractivity contribution in [1.82, 2.24) is 9.29 Å². The standard InChI is InChI=1S/C23H30N4O3S2/c28-22(25-20-9-3-4-10-21(20)26-13-7-8-14-26)18-31-23-12-11-19(17-24-23)32(29,30)27-15-5-1-2-6-16-27/h3-4,9-12,17H,1-2,5-8,13-16,18H2,(H,25,28). The molecule has 0 radical (unpaired) electrons. The number of sulfonamides is 1. The first-order valence-electron chi connectivity index (χ1n) is 11.3. The zero-order chi connectivity index (χ0) is 22.4. The third-order valence-electron chi connectivity index (χ3n) is 5.89. The number of benzene rings is 1. The number of aromatic nitrogens is 1. The van der Waals surface area contributed by atoms with Crippen LogP contribution in [0.15, 0.2) is 52.5 Å². The van der Waals surface area contributed by atoms with Gasteiger partial charge in [-0.15, -0.1) is 0 Å². The molecule has 2 aliphatic rings. The van der Waals surface area contributed by atoms with E-state index in [0.29, 0.717) is 18.1 Å². The SMILES string of the molecule is O=C(CSc1ccc(S(=O)(=O)N2CCCCCC2)cn1)Nc1ccccc1N1CCCC1. The highest BCUT2D eigenvalue weighted by molar-refractivity contribution is 7.99. The van der Waals surface area contributed by atoms with Crippen LogP contribution in [0.2, 0.25) is 0 Å². The molecule has 172 valence electrons. The van der Waals surface area contributed by atoms with Crippen LogP contribution >= 0.6 is 11.8 Å². The fourth-order valence-corrected chi connectivity index (χ4v) is 6.28. The Balaban J connectivity index is 1.34. The van der Waals surface area contributed by atoms with Gasteiger partial charge in [-0.05, 0) is 49.9 Å². The van der Waals surface area contributed by atoms with Crippen LogP contribution in [-0.4, -0.2) is 55.5 Å². The van der Waals surface area contributed by atoms with Crippen molar-refractivity contribution in [2.45, 2.75) is 48.4 Å². The van der Waals surface area contributed by atoms with Crippen LogP contribution in [0, 0.1) is 0 Å². The molecule has 32 heavy (non-hydrogen) atoms. The summed E-state index contributed by atoms with van der Waals surface area (Å²) in [6, 6.07) is 11.2. The van der Waals surface area contributed by atoms with Gasteiger partial charge in [0.2, 0.25) is 15.9 Å². The van der Waals surface area contributed by atoms with Crippen LogP contribution < -0.4 is 10.2 Å². The highest BCUT2D eigenvalue weighted by Crippen LogP contribution is 2.29. The molecule has 0 unspecified atom stereocenters. The van der Waals surface area contributed by atoms with Gasteiger partial charge in [-0.25, -0.2) is 13.4 Å². The number of carbonyl (C=O) groups is 1. The molecular formula is C23H30N4O3S2. The Morgan fingerprint density at radius 1 is 0.938 bits per heavy atom. The van der Waals surface area contributed by atoms with Crippen LogP contribution in [-0.2, 0) is 14.8 Å². The smallest absolute Gasteiger partial charge is 0.244 e. The Bertz CT molecular complexity index is 1010. The number of nitrogens with zero attached hydrogens (tertiary/aromatic N) is 3. The molecule has 0 atom stereocenters. The molecule has 2 aromatic rings. The molecule has 0 saturated carbocycles. The Labute approximate surface area is 194 Å². The average Bonchev–Trinajstić information content (AvgIpc) is 3.19. The number of nitrogens with one attached hydrogen (secondary N) is 1. The predicted octanol–water partition coefficient (Wildman–Crippen LogP) is 3.98. The second-order valence-corrected chi connectivity index (χ2v) is 11.1. The highest BCUT2D eigenvalue weighted by atomic mass is 32.2. The van der Waals surface area contributed by atoms with E-state index in [-0.39, 0.29) is 16.6 Å². The molecule has 2 saturated heterocycles. The van der Waals surface area contributed by atoms with E-state index in [1.165, 1.54) is 30.8 Å². The van der Waals surface area contributed by atoms with Crippen molar-refractivity contribution in [3.8, 4) is 0 Å². The quantitative estimate of drug-likeness (QED) is 0.612. The molecule has 1 aromatic carbocycles. The van der Waals surface area contributed by atoms with Gasteiger partial charge in [0.1, 0.15) is 4.90 Å². The van der Waals surface area contributed by atoms with Crippen molar-refractivity contribution in [3.63, 3.8) is 0 Å². The van der Waals surface area contributed by atoms with Gasteiger partial charge < -0.3 is 10.2 Å². The van der Waals surface area contributed by atoms with Crippen LogP contribution in [0.4, 0.5) is 11.4 Å². The van der Waals surface area contributed by atoms with Crippen molar-refractivity contribution in [3.05, 3.63) is 42.6 Å². The minimum absolute atomic E-state index is 0.107. The molecule has 2 fully saturated rings. The molecule has 2 aliphatic heterocycles. The van der Waals surface area contributed by atoms with Gasteiger partial charge >= 0.3 is 0 Å². The van der Waals surface area contributed by atoms with E-state index < -0.39 is 10.0 Å². The fourth-order valence-electron chi connectivity index (χ4n) is 4.17. The second-order valence-electron chi connectivity index (χ2n) is 8.20. The Hall–Kier alpha value is -2.10. The fraction of sp³-hybridized carbons (Fsp3) is 0.478. The van der Waals surface area contributed by atoms with Crippen LogP contribution in [0.5, 0.6) is 0 Å². The molecule has 9 heteroatoms.